The second-order valence-electron chi connectivity index (χ2n) is 6.40. The third-order valence-electron chi connectivity index (χ3n) is 4.48. The maximum Gasteiger partial charge on any atom is 0.278 e. The molecule has 0 radical (unpaired) electrons. The van der Waals surface area contributed by atoms with Gasteiger partial charge in [0.2, 0.25) is 0 Å². The molecule has 0 saturated carbocycles. The number of amides is 1. The number of benzene rings is 2. The largest absolute Gasteiger partial charge is 0.320 e. The van der Waals surface area contributed by atoms with Crippen molar-refractivity contribution in [2.45, 2.75) is 34.6 Å². The minimum atomic E-state index is -0.243. The number of rotatable bonds is 3. The Morgan fingerprint density at radius 3 is 1.96 bits per heavy atom. The van der Waals surface area contributed by atoms with Crippen molar-refractivity contribution in [3.8, 4) is 5.69 Å². The Morgan fingerprint density at radius 1 is 0.880 bits per heavy atom. The zero-order chi connectivity index (χ0) is 18.1. The molecule has 1 aromatic heterocycles. The van der Waals surface area contributed by atoms with Gasteiger partial charge >= 0.3 is 0 Å². The molecule has 0 aliphatic rings. The molecule has 0 bridgehead atoms. The van der Waals surface area contributed by atoms with Crippen LogP contribution in [0.5, 0.6) is 0 Å². The van der Waals surface area contributed by atoms with E-state index in [1.54, 1.807) is 4.68 Å². The van der Waals surface area contributed by atoms with Gasteiger partial charge in [-0.1, -0.05) is 41.6 Å². The van der Waals surface area contributed by atoms with Crippen LogP contribution < -0.4 is 5.32 Å². The summed E-state index contributed by atoms with van der Waals surface area (Å²) >= 11 is 0. The highest BCUT2D eigenvalue weighted by atomic mass is 16.2. The number of aryl methyl sites for hydroxylation is 4. The van der Waals surface area contributed by atoms with E-state index in [1.165, 1.54) is 0 Å². The lowest BCUT2D eigenvalue weighted by atomic mass is 10.1. The van der Waals surface area contributed by atoms with E-state index in [9.17, 15) is 4.79 Å². The molecule has 1 N–H and O–H groups in total. The van der Waals surface area contributed by atoms with Crippen molar-refractivity contribution < 1.29 is 4.79 Å². The average molecular weight is 334 g/mol. The molecule has 3 rings (SSSR count). The van der Waals surface area contributed by atoms with Crippen LogP contribution in [0.15, 0.2) is 36.4 Å². The Balaban J connectivity index is 1.98. The van der Waals surface area contributed by atoms with E-state index in [-0.39, 0.29) is 5.91 Å². The number of aromatic nitrogens is 3. The third kappa shape index (κ3) is 3.05. The van der Waals surface area contributed by atoms with Gasteiger partial charge < -0.3 is 5.32 Å². The van der Waals surface area contributed by atoms with Crippen molar-refractivity contribution in [2.75, 3.05) is 5.32 Å². The van der Waals surface area contributed by atoms with Crippen LogP contribution in [-0.2, 0) is 0 Å². The molecule has 1 heterocycles. The summed E-state index contributed by atoms with van der Waals surface area (Å²) in [6.45, 7) is 9.87. The second-order valence-corrected chi connectivity index (χ2v) is 6.40. The standard InChI is InChI=1S/C20H22N4O/c1-12-8-6-9-13(2)17(12)21-20(25)18-16(5)24(23-22-18)19-14(3)10-7-11-15(19)4/h6-11H,1-5H3,(H,21,25). The molecular formula is C20H22N4O. The zero-order valence-electron chi connectivity index (χ0n) is 15.2. The smallest absolute Gasteiger partial charge is 0.278 e. The normalized spacial score (nSPS) is 10.8. The van der Waals surface area contributed by atoms with Crippen molar-refractivity contribution in [1.29, 1.82) is 0 Å². The molecule has 5 heteroatoms. The molecule has 0 fully saturated rings. The lowest BCUT2D eigenvalue weighted by Crippen LogP contribution is -2.16. The minimum absolute atomic E-state index is 0.243. The number of carbonyl (C=O) groups is 1. The van der Waals surface area contributed by atoms with E-state index in [0.717, 1.165) is 39.3 Å². The number of hydrogen-bond donors (Lipinski definition) is 1. The molecule has 0 aliphatic heterocycles. The fourth-order valence-electron chi connectivity index (χ4n) is 3.08. The highest BCUT2D eigenvalue weighted by Crippen LogP contribution is 2.23. The van der Waals surface area contributed by atoms with Crippen LogP contribution in [0.3, 0.4) is 0 Å². The quantitative estimate of drug-likeness (QED) is 0.786. The lowest BCUT2D eigenvalue weighted by molar-refractivity contribution is 0.102. The van der Waals surface area contributed by atoms with Crippen LogP contribution in [-0.4, -0.2) is 20.9 Å². The summed E-state index contributed by atoms with van der Waals surface area (Å²) in [5, 5.41) is 11.3. The van der Waals surface area contributed by atoms with Gasteiger partial charge in [0.15, 0.2) is 5.69 Å². The number of nitrogens with zero attached hydrogens (tertiary/aromatic N) is 3. The Hall–Kier alpha value is -2.95. The lowest BCUT2D eigenvalue weighted by Gasteiger charge is -2.12. The molecule has 0 unspecified atom stereocenters. The number of para-hydroxylation sites is 2. The Labute approximate surface area is 147 Å². The summed E-state index contributed by atoms with van der Waals surface area (Å²) < 4.78 is 1.74. The van der Waals surface area contributed by atoms with Gasteiger partial charge in [0.05, 0.1) is 11.4 Å². The maximum absolute atomic E-state index is 12.7. The first kappa shape index (κ1) is 16.9. The van der Waals surface area contributed by atoms with Gasteiger partial charge in [0.25, 0.3) is 5.91 Å². The first-order chi connectivity index (χ1) is 11.9. The topological polar surface area (TPSA) is 59.8 Å². The first-order valence-corrected chi connectivity index (χ1v) is 8.26. The van der Waals surface area contributed by atoms with Crippen molar-refractivity contribution in [1.82, 2.24) is 15.0 Å². The van der Waals surface area contributed by atoms with Crippen LogP contribution >= 0.6 is 0 Å². The van der Waals surface area contributed by atoms with Crippen LogP contribution in [0.25, 0.3) is 5.69 Å². The summed E-state index contributed by atoms with van der Waals surface area (Å²) in [5.74, 6) is -0.243. The Bertz CT molecular complexity index is 916. The molecule has 1 amide bonds. The molecule has 0 spiro atoms. The summed E-state index contributed by atoms with van der Waals surface area (Å²) in [7, 11) is 0. The molecule has 5 nitrogen and oxygen atoms in total. The number of carbonyl (C=O) groups excluding carboxylic acids is 1. The van der Waals surface area contributed by atoms with Crippen molar-refractivity contribution in [2.24, 2.45) is 0 Å². The summed E-state index contributed by atoms with van der Waals surface area (Å²) in [5.41, 5.74) is 7.09. The number of hydrogen-bond acceptors (Lipinski definition) is 3. The molecule has 2 aromatic carbocycles. The number of anilines is 1. The van der Waals surface area contributed by atoms with Gasteiger partial charge in [-0.3, -0.25) is 4.79 Å². The van der Waals surface area contributed by atoms with Crippen molar-refractivity contribution >= 4 is 11.6 Å². The van der Waals surface area contributed by atoms with Gasteiger partial charge in [0.1, 0.15) is 0 Å². The maximum atomic E-state index is 12.7. The predicted octanol–water partition coefficient (Wildman–Crippen LogP) is 4.06. The minimum Gasteiger partial charge on any atom is -0.320 e. The first-order valence-electron chi connectivity index (χ1n) is 8.26. The predicted molar refractivity (Wildman–Crippen MR) is 99.4 cm³/mol. The van der Waals surface area contributed by atoms with Crippen molar-refractivity contribution in [3.05, 3.63) is 70.0 Å². The van der Waals surface area contributed by atoms with E-state index in [0.29, 0.717) is 5.69 Å². The van der Waals surface area contributed by atoms with E-state index in [2.05, 4.69) is 15.6 Å². The van der Waals surface area contributed by atoms with Crippen molar-refractivity contribution in [3.63, 3.8) is 0 Å². The summed E-state index contributed by atoms with van der Waals surface area (Å²) in [6, 6.07) is 12.0. The summed E-state index contributed by atoms with van der Waals surface area (Å²) in [4.78, 5) is 12.7. The highest BCUT2D eigenvalue weighted by Gasteiger charge is 2.20. The average Bonchev–Trinajstić information content (AvgIpc) is 2.92. The van der Waals surface area contributed by atoms with E-state index >= 15 is 0 Å². The Kier molecular flexibility index (Phi) is 4.40. The highest BCUT2D eigenvalue weighted by molar-refractivity contribution is 6.04. The Morgan fingerprint density at radius 2 is 1.40 bits per heavy atom. The van der Waals surface area contributed by atoms with E-state index < -0.39 is 0 Å². The van der Waals surface area contributed by atoms with Gasteiger partial charge in [0, 0.05) is 5.69 Å². The zero-order valence-corrected chi connectivity index (χ0v) is 15.2. The molecule has 3 aromatic rings. The molecule has 25 heavy (non-hydrogen) atoms. The monoisotopic (exact) mass is 334 g/mol. The second kappa shape index (κ2) is 6.51. The molecule has 128 valence electrons. The number of nitrogens with one attached hydrogen (secondary N) is 1. The van der Waals surface area contributed by atoms with Gasteiger partial charge in [-0.15, -0.1) is 5.10 Å². The van der Waals surface area contributed by atoms with Crippen LogP contribution in [0.2, 0.25) is 0 Å². The molecule has 0 aliphatic carbocycles. The fraction of sp³-hybridized carbons (Fsp3) is 0.250. The summed E-state index contributed by atoms with van der Waals surface area (Å²) in [6.07, 6.45) is 0. The molecule has 0 atom stereocenters. The van der Waals surface area contributed by atoms with Crippen LogP contribution in [0.1, 0.15) is 38.4 Å². The molecule has 0 saturated heterocycles. The SMILES string of the molecule is Cc1cccc(C)c1NC(=O)c1nnn(-c2c(C)cccc2C)c1C. The van der Waals surface area contributed by atoms with E-state index in [1.807, 2.05) is 71.0 Å². The van der Waals surface area contributed by atoms with Gasteiger partial charge in [-0.05, 0) is 56.9 Å². The van der Waals surface area contributed by atoms with Gasteiger partial charge in [-0.2, -0.15) is 0 Å². The van der Waals surface area contributed by atoms with E-state index in [4.69, 9.17) is 0 Å². The van der Waals surface area contributed by atoms with Gasteiger partial charge in [-0.25, -0.2) is 4.68 Å². The fourth-order valence-corrected chi connectivity index (χ4v) is 3.08. The van der Waals surface area contributed by atoms with Crippen LogP contribution in [0, 0.1) is 34.6 Å². The molecular weight excluding hydrogens is 312 g/mol. The van der Waals surface area contributed by atoms with Crippen LogP contribution in [0.4, 0.5) is 5.69 Å². The third-order valence-corrected chi connectivity index (χ3v) is 4.48.